The van der Waals surface area contributed by atoms with Crippen LogP contribution in [0, 0.1) is 11.3 Å². The van der Waals surface area contributed by atoms with Crippen molar-refractivity contribution in [3.8, 4) is 17.3 Å². The molecule has 3 heterocycles. The van der Waals surface area contributed by atoms with Gasteiger partial charge in [0.2, 0.25) is 11.9 Å². The number of hydrogen-bond acceptors (Lipinski definition) is 8. The summed E-state index contributed by atoms with van der Waals surface area (Å²) in [5, 5.41) is 26.8. The number of hydrogen-bond donors (Lipinski definition) is 3. The Morgan fingerprint density at radius 1 is 1.35 bits per heavy atom. The molecular formula is C27H28ClN7O2. The van der Waals surface area contributed by atoms with Gasteiger partial charge >= 0.3 is 0 Å². The molecule has 0 saturated heterocycles. The first kappa shape index (κ1) is 25.0. The summed E-state index contributed by atoms with van der Waals surface area (Å²) < 4.78 is 0. The van der Waals surface area contributed by atoms with Crippen LogP contribution in [0.1, 0.15) is 23.6 Å². The second-order valence-electron chi connectivity index (χ2n) is 10.0. The number of anilines is 4. The molecule has 2 aliphatic heterocycles. The van der Waals surface area contributed by atoms with Crippen molar-refractivity contribution < 1.29 is 9.90 Å². The maximum absolute atomic E-state index is 12.8. The van der Waals surface area contributed by atoms with Crippen molar-refractivity contribution in [3.05, 3.63) is 58.2 Å². The number of rotatable bonds is 6. The highest BCUT2D eigenvalue weighted by Crippen LogP contribution is 2.41. The van der Waals surface area contributed by atoms with Crippen LogP contribution in [-0.2, 0) is 16.6 Å². The van der Waals surface area contributed by atoms with Crippen LogP contribution in [0.2, 0.25) is 5.02 Å². The van der Waals surface area contributed by atoms with Gasteiger partial charge in [0.15, 0.2) is 0 Å². The molecule has 190 valence electrons. The second kappa shape index (κ2) is 9.63. The summed E-state index contributed by atoms with van der Waals surface area (Å²) >= 11 is 6.44. The minimum Gasteiger partial charge on any atom is -0.395 e. The lowest BCUT2D eigenvalue weighted by molar-refractivity contribution is -0.119. The van der Waals surface area contributed by atoms with Crippen LogP contribution in [0.5, 0.6) is 0 Å². The Balaban J connectivity index is 1.48. The van der Waals surface area contributed by atoms with Gasteiger partial charge in [0.05, 0.1) is 35.8 Å². The van der Waals surface area contributed by atoms with E-state index in [2.05, 4.69) is 21.7 Å². The molecule has 0 bridgehead atoms. The molecule has 0 spiro atoms. The summed E-state index contributed by atoms with van der Waals surface area (Å²) in [5.74, 6) is 0.395. The topological polar surface area (TPSA) is 117 Å². The number of fused-ring (bicyclic) bond motifs is 2. The number of amides is 1. The van der Waals surface area contributed by atoms with Crippen molar-refractivity contribution in [2.45, 2.75) is 18.8 Å². The van der Waals surface area contributed by atoms with Crippen LogP contribution in [0.25, 0.3) is 11.3 Å². The third-order valence-electron chi connectivity index (χ3n) is 6.93. The van der Waals surface area contributed by atoms with Crippen molar-refractivity contribution in [1.82, 2.24) is 14.9 Å². The van der Waals surface area contributed by atoms with Crippen LogP contribution in [0.15, 0.2) is 36.5 Å². The number of benzene rings is 2. The largest absolute Gasteiger partial charge is 0.395 e. The van der Waals surface area contributed by atoms with E-state index in [1.807, 2.05) is 44.1 Å². The van der Waals surface area contributed by atoms with E-state index >= 15 is 0 Å². The average Bonchev–Trinajstić information content (AvgIpc) is 3.45. The van der Waals surface area contributed by atoms with E-state index < -0.39 is 5.41 Å². The number of halogens is 1. The molecule has 1 aromatic heterocycles. The molecule has 0 radical (unpaired) electrons. The number of nitrogens with one attached hydrogen (secondary N) is 2. The smallest absolute Gasteiger partial charge is 0.241 e. The number of aliphatic hydroxyl groups excluding tert-OH is 1. The number of aromatic nitrogens is 2. The highest BCUT2D eigenvalue weighted by molar-refractivity contribution is 6.31. The maximum atomic E-state index is 12.8. The predicted molar refractivity (Wildman–Crippen MR) is 144 cm³/mol. The highest BCUT2D eigenvalue weighted by atomic mass is 35.5. The zero-order valence-corrected chi connectivity index (χ0v) is 21.7. The fraction of sp³-hybridized carbons (Fsp3) is 0.333. The van der Waals surface area contributed by atoms with Gasteiger partial charge in [-0.05, 0) is 56.4 Å². The fourth-order valence-electron chi connectivity index (χ4n) is 4.96. The molecule has 3 aromatic rings. The molecule has 10 heteroatoms. The van der Waals surface area contributed by atoms with Crippen LogP contribution in [0.4, 0.5) is 23.0 Å². The summed E-state index contributed by atoms with van der Waals surface area (Å²) in [7, 11) is 3.73. The van der Waals surface area contributed by atoms with E-state index in [0.29, 0.717) is 48.3 Å². The van der Waals surface area contributed by atoms with E-state index in [4.69, 9.17) is 16.6 Å². The van der Waals surface area contributed by atoms with Gasteiger partial charge in [0.1, 0.15) is 6.07 Å². The standard InChI is InChI=1S/C27H28ClN7O2/c1-27(15-36)14-31-25-17(12-29)8-16(9-20(25)27)21-4-6-30-26(32-21)33-22-10-18(28)11-23-19(22)5-7-35(23)24(37)13-34(2)3/h4,6,8-11,31,36H,5,7,13-15H2,1-3H3,(H,30,32,33)/t27-/m1/s1. The van der Waals surface area contributed by atoms with Gasteiger partial charge in [0, 0.05) is 46.5 Å². The first-order chi connectivity index (χ1) is 17.7. The Bertz CT molecular complexity index is 1430. The summed E-state index contributed by atoms with van der Waals surface area (Å²) in [4.78, 5) is 25.5. The summed E-state index contributed by atoms with van der Waals surface area (Å²) in [6, 6.07) is 11.5. The van der Waals surface area contributed by atoms with Gasteiger partial charge in [-0.2, -0.15) is 5.26 Å². The number of aliphatic hydroxyl groups is 1. The van der Waals surface area contributed by atoms with Gasteiger partial charge < -0.3 is 25.5 Å². The first-order valence-corrected chi connectivity index (χ1v) is 12.4. The van der Waals surface area contributed by atoms with Crippen LogP contribution >= 0.6 is 11.6 Å². The van der Waals surface area contributed by atoms with Gasteiger partial charge in [-0.1, -0.05) is 18.5 Å². The Hall–Kier alpha value is -3.71. The molecule has 0 unspecified atom stereocenters. The molecule has 1 atom stereocenters. The Morgan fingerprint density at radius 2 is 2.16 bits per heavy atom. The maximum Gasteiger partial charge on any atom is 0.241 e. The van der Waals surface area contributed by atoms with Crippen molar-refractivity contribution in [3.63, 3.8) is 0 Å². The van der Waals surface area contributed by atoms with Gasteiger partial charge in [0.25, 0.3) is 0 Å². The minimum absolute atomic E-state index is 0.0180. The monoisotopic (exact) mass is 517 g/mol. The number of nitrogens with zero attached hydrogens (tertiary/aromatic N) is 5. The normalized spacial score (nSPS) is 17.8. The SMILES string of the molecule is CN(C)CC(=O)N1CCc2c(Nc3nccc(-c4cc(C#N)c5c(c4)[C@@](C)(CO)CN5)n3)cc(Cl)cc21. The second-order valence-corrected chi connectivity index (χ2v) is 10.4. The summed E-state index contributed by atoms with van der Waals surface area (Å²) in [5.41, 5.74) is 5.63. The lowest BCUT2D eigenvalue weighted by atomic mass is 9.83. The predicted octanol–water partition coefficient (Wildman–Crippen LogP) is 3.54. The molecular weight excluding hydrogens is 490 g/mol. The number of nitriles is 1. The van der Waals surface area contributed by atoms with E-state index in [1.165, 1.54) is 0 Å². The van der Waals surface area contributed by atoms with Gasteiger partial charge in [-0.15, -0.1) is 0 Å². The molecule has 0 saturated carbocycles. The summed E-state index contributed by atoms with van der Waals surface area (Å²) in [6.45, 7) is 3.39. The van der Waals surface area contributed by atoms with Crippen LogP contribution < -0.4 is 15.5 Å². The minimum atomic E-state index is -0.484. The van der Waals surface area contributed by atoms with Crippen molar-refractivity contribution in [2.75, 3.05) is 55.9 Å². The van der Waals surface area contributed by atoms with Gasteiger partial charge in [-0.25, -0.2) is 9.97 Å². The first-order valence-electron chi connectivity index (χ1n) is 12.0. The van der Waals surface area contributed by atoms with E-state index in [1.54, 1.807) is 23.2 Å². The van der Waals surface area contributed by atoms with Crippen molar-refractivity contribution in [2.24, 2.45) is 0 Å². The molecule has 1 amide bonds. The Labute approximate surface area is 220 Å². The lowest BCUT2D eigenvalue weighted by Crippen LogP contribution is -2.36. The molecule has 0 fully saturated rings. The average molecular weight is 518 g/mol. The molecule has 3 N–H and O–H groups in total. The number of carbonyl (C=O) groups excluding carboxylic acids is 1. The van der Waals surface area contributed by atoms with Gasteiger partial charge in [-0.3, -0.25) is 4.79 Å². The molecule has 2 aromatic carbocycles. The van der Waals surface area contributed by atoms with E-state index in [9.17, 15) is 15.2 Å². The third-order valence-corrected chi connectivity index (χ3v) is 7.15. The zero-order valence-electron chi connectivity index (χ0n) is 21.0. The zero-order chi connectivity index (χ0) is 26.3. The molecule has 2 aliphatic rings. The Kier molecular flexibility index (Phi) is 6.50. The van der Waals surface area contributed by atoms with Crippen molar-refractivity contribution >= 4 is 40.5 Å². The summed E-state index contributed by atoms with van der Waals surface area (Å²) in [6.07, 6.45) is 2.35. The van der Waals surface area contributed by atoms with Crippen LogP contribution in [0.3, 0.4) is 0 Å². The third kappa shape index (κ3) is 4.60. The number of likely N-dealkylation sites (N-methyl/N-ethyl adjacent to an activating group) is 1. The van der Waals surface area contributed by atoms with Crippen LogP contribution in [-0.4, -0.2) is 66.2 Å². The Morgan fingerprint density at radius 3 is 2.89 bits per heavy atom. The highest BCUT2D eigenvalue weighted by Gasteiger charge is 2.36. The molecule has 37 heavy (non-hydrogen) atoms. The fourth-order valence-corrected chi connectivity index (χ4v) is 5.17. The quantitative estimate of drug-likeness (QED) is 0.454. The lowest BCUT2D eigenvalue weighted by Gasteiger charge is -2.21. The molecule has 5 rings (SSSR count). The molecule has 9 nitrogen and oxygen atoms in total. The van der Waals surface area contributed by atoms with E-state index in [-0.39, 0.29) is 12.5 Å². The van der Waals surface area contributed by atoms with E-state index in [0.717, 1.165) is 33.8 Å². The van der Waals surface area contributed by atoms with Crippen molar-refractivity contribution in [1.29, 1.82) is 5.26 Å². The molecule has 0 aliphatic carbocycles. The number of carbonyl (C=O) groups is 1.